The molecule has 2 rings (SSSR count). The summed E-state index contributed by atoms with van der Waals surface area (Å²) in [6.45, 7) is 3.71. The molecule has 0 saturated heterocycles. The van der Waals surface area contributed by atoms with Gasteiger partial charge in [0.15, 0.2) is 0 Å². The van der Waals surface area contributed by atoms with E-state index in [9.17, 15) is 4.79 Å². The van der Waals surface area contributed by atoms with Crippen molar-refractivity contribution in [2.24, 2.45) is 0 Å². The topological polar surface area (TPSA) is 37.3 Å². The average Bonchev–Trinajstić information content (AvgIpc) is 2.41. The SMILES string of the molecule is CCC(=O)O.Cc1ccc(-c2ccccc2)cc1. The lowest BCUT2D eigenvalue weighted by Crippen LogP contribution is -1.86. The lowest BCUT2D eigenvalue weighted by atomic mass is 10.0. The van der Waals surface area contributed by atoms with E-state index < -0.39 is 5.97 Å². The highest BCUT2D eigenvalue weighted by atomic mass is 16.4. The second-order valence-corrected chi connectivity index (χ2v) is 3.98. The van der Waals surface area contributed by atoms with Crippen molar-refractivity contribution in [2.75, 3.05) is 0 Å². The van der Waals surface area contributed by atoms with Gasteiger partial charge in [0.2, 0.25) is 0 Å². The molecule has 2 aromatic rings. The van der Waals surface area contributed by atoms with Gasteiger partial charge in [-0.2, -0.15) is 0 Å². The van der Waals surface area contributed by atoms with Crippen LogP contribution in [0.4, 0.5) is 0 Å². The smallest absolute Gasteiger partial charge is 0.303 e. The quantitative estimate of drug-likeness (QED) is 0.859. The van der Waals surface area contributed by atoms with Crippen LogP contribution in [-0.2, 0) is 4.79 Å². The summed E-state index contributed by atoms with van der Waals surface area (Å²) in [4.78, 5) is 9.37. The van der Waals surface area contributed by atoms with E-state index in [4.69, 9.17) is 5.11 Å². The molecule has 18 heavy (non-hydrogen) atoms. The number of hydrogen-bond donors (Lipinski definition) is 1. The Morgan fingerprint density at radius 1 is 0.944 bits per heavy atom. The maximum absolute atomic E-state index is 9.37. The summed E-state index contributed by atoms with van der Waals surface area (Å²) in [5.41, 5.74) is 3.87. The molecule has 0 aliphatic carbocycles. The van der Waals surface area contributed by atoms with Crippen molar-refractivity contribution in [2.45, 2.75) is 20.3 Å². The molecule has 0 saturated carbocycles. The average molecular weight is 242 g/mol. The van der Waals surface area contributed by atoms with Gasteiger partial charge in [0, 0.05) is 6.42 Å². The van der Waals surface area contributed by atoms with Crippen LogP contribution >= 0.6 is 0 Å². The molecular formula is C16H18O2. The molecule has 2 heteroatoms. The van der Waals surface area contributed by atoms with Crippen molar-refractivity contribution in [1.82, 2.24) is 0 Å². The van der Waals surface area contributed by atoms with Gasteiger partial charge in [-0.15, -0.1) is 0 Å². The minimum absolute atomic E-state index is 0.222. The minimum atomic E-state index is -0.745. The van der Waals surface area contributed by atoms with Gasteiger partial charge in [0.05, 0.1) is 0 Å². The molecule has 0 aliphatic heterocycles. The lowest BCUT2D eigenvalue weighted by Gasteiger charge is -2.00. The van der Waals surface area contributed by atoms with E-state index in [-0.39, 0.29) is 6.42 Å². The van der Waals surface area contributed by atoms with E-state index in [0.717, 1.165) is 0 Å². The lowest BCUT2D eigenvalue weighted by molar-refractivity contribution is -0.136. The summed E-state index contributed by atoms with van der Waals surface area (Å²) in [7, 11) is 0. The summed E-state index contributed by atoms with van der Waals surface area (Å²) < 4.78 is 0. The summed E-state index contributed by atoms with van der Waals surface area (Å²) in [5.74, 6) is -0.745. The highest BCUT2D eigenvalue weighted by Gasteiger charge is 1.93. The molecule has 0 fully saturated rings. The normalized spacial score (nSPS) is 9.22. The standard InChI is InChI=1S/C13H12.C3H6O2/c1-11-7-9-13(10-8-11)12-5-3-2-4-6-12;1-2-3(4)5/h2-10H,1H3;2H2,1H3,(H,4,5). The summed E-state index contributed by atoms with van der Waals surface area (Å²) >= 11 is 0. The van der Waals surface area contributed by atoms with Gasteiger partial charge in [-0.05, 0) is 18.1 Å². The molecule has 94 valence electrons. The number of carbonyl (C=O) groups is 1. The zero-order chi connectivity index (χ0) is 13.4. The van der Waals surface area contributed by atoms with Crippen molar-refractivity contribution < 1.29 is 9.90 Å². The van der Waals surface area contributed by atoms with Crippen LogP contribution in [0.15, 0.2) is 54.6 Å². The summed E-state index contributed by atoms with van der Waals surface area (Å²) in [6.07, 6.45) is 0.222. The Morgan fingerprint density at radius 2 is 1.39 bits per heavy atom. The Hall–Kier alpha value is -2.09. The number of rotatable bonds is 2. The van der Waals surface area contributed by atoms with Crippen LogP contribution in [0.25, 0.3) is 11.1 Å². The fraction of sp³-hybridized carbons (Fsp3) is 0.188. The Balaban J connectivity index is 0.000000280. The minimum Gasteiger partial charge on any atom is -0.481 e. The predicted octanol–water partition coefficient (Wildman–Crippen LogP) is 4.14. The monoisotopic (exact) mass is 242 g/mol. The third-order valence-corrected chi connectivity index (χ3v) is 2.46. The van der Waals surface area contributed by atoms with Gasteiger partial charge in [0.25, 0.3) is 0 Å². The molecule has 0 aliphatic rings. The highest BCUT2D eigenvalue weighted by molar-refractivity contribution is 5.66. The molecule has 0 bridgehead atoms. The molecule has 2 nitrogen and oxygen atoms in total. The van der Waals surface area contributed by atoms with Crippen molar-refractivity contribution in [1.29, 1.82) is 0 Å². The largest absolute Gasteiger partial charge is 0.481 e. The van der Waals surface area contributed by atoms with Crippen molar-refractivity contribution >= 4 is 5.97 Å². The van der Waals surface area contributed by atoms with E-state index in [1.807, 2.05) is 6.07 Å². The van der Waals surface area contributed by atoms with Crippen LogP contribution in [0, 0.1) is 6.92 Å². The molecule has 0 unspecified atom stereocenters. The molecule has 1 N–H and O–H groups in total. The van der Waals surface area contributed by atoms with Gasteiger partial charge in [0.1, 0.15) is 0 Å². The van der Waals surface area contributed by atoms with Crippen molar-refractivity contribution in [3.63, 3.8) is 0 Å². The van der Waals surface area contributed by atoms with Crippen molar-refractivity contribution in [3.8, 4) is 11.1 Å². The molecule has 0 spiro atoms. The van der Waals surface area contributed by atoms with Crippen LogP contribution in [0.5, 0.6) is 0 Å². The Morgan fingerprint density at radius 3 is 1.83 bits per heavy atom. The third-order valence-electron chi connectivity index (χ3n) is 2.46. The number of hydrogen-bond acceptors (Lipinski definition) is 1. The molecule has 0 heterocycles. The van der Waals surface area contributed by atoms with Gasteiger partial charge in [-0.25, -0.2) is 0 Å². The van der Waals surface area contributed by atoms with Crippen LogP contribution in [0.2, 0.25) is 0 Å². The molecule has 0 radical (unpaired) electrons. The van der Waals surface area contributed by atoms with E-state index in [1.165, 1.54) is 16.7 Å². The number of aryl methyl sites for hydroxylation is 1. The first-order valence-electron chi connectivity index (χ1n) is 5.97. The molecule has 0 atom stereocenters. The van der Waals surface area contributed by atoms with E-state index in [1.54, 1.807) is 6.92 Å². The first-order valence-corrected chi connectivity index (χ1v) is 5.97. The first kappa shape index (κ1) is 14.0. The number of aliphatic carboxylic acids is 1. The maximum atomic E-state index is 9.37. The van der Waals surface area contributed by atoms with E-state index in [2.05, 4.69) is 55.5 Å². The summed E-state index contributed by atoms with van der Waals surface area (Å²) in [5, 5.41) is 7.72. The fourth-order valence-electron chi connectivity index (χ4n) is 1.38. The molecular weight excluding hydrogens is 224 g/mol. The van der Waals surface area contributed by atoms with Gasteiger partial charge in [-0.3, -0.25) is 4.79 Å². The third kappa shape index (κ3) is 4.83. The zero-order valence-electron chi connectivity index (χ0n) is 10.8. The van der Waals surface area contributed by atoms with E-state index >= 15 is 0 Å². The molecule has 2 aromatic carbocycles. The van der Waals surface area contributed by atoms with Gasteiger partial charge < -0.3 is 5.11 Å². The first-order chi connectivity index (χ1) is 8.63. The second-order valence-electron chi connectivity index (χ2n) is 3.98. The number of benzene rings is 2. The highest BCUT2D eigenvalue weighted by Crippen LogP contribution is 2.18. The Labute approximate surface area is 108 Å². The van der Waals surface area contributed by atoms with Crippen LogP contribution < -0.4 is 0 Å². The van der Waals surface area contributed by atoms with Crippen LogP contribution in [0.3, 0.4) is 0 Å². The Bertz CT molecular complexity index is 472. The molecule has 0 amide bonds. The number of carboxylic acids is 1. The predicted molar refractivity (Wildman–Crippen MR) is 74.5 cm³/mol. The van der Waals surface area contributed by atoms with Gasteiger partial charge >= 0.3 is 5.97 Å². The van der Waals surface area contributed by atoms with Gasteiger partial charge in [-0.1, -0.05) is 67.1 Å². The molecule has 0 aromatic heterocycles. The fourth-order valence-corrected chi connectivity index (χ4v) is 1.38. The number of carboxylic acid groups (broad SMARTS) is 1. The van der Waals surface area contributed by atoms with E-state index in [0.29, 0.717) is 0 Å². The van der Waals surface area contributed by atoms with Crippen LogP contribution in [-0.4, -0.2) is 11.1 Å². The second kappa shape index (κ2) is 7.28. The van der Waals surface area contributed by atoms with Crippen LogP contribution in [0.1, 0.15) is 18.9 Å². The zero-order valence-corrected chi connectivity index (χ0v) is 10.8. The Kier molecular flexibility index (Phi) is 5.65. The van der Waals surface area contributed by atoms with Crippen molar-refractivity contribution in [3.05, 3.63) is 60.2 Å². The summed E-state index contributed by atoms with van der Waals surface area (Å²) in [6, 6.07) is 19.0. The maximum Gasteiger partial charge on any atom is 0.303 e.